The van der Waals surface area contributed by atoms with Gasteiger partial charge in [0, 0.05) is 5.56 Å². The summed E-state index contributed by atoms with van der Waals surface area (Å²) in [6.45, 7) is 0.515. The summed E-state index contributed by atoms with van der Waals surface area (Å²) in [6, 6.07) is 9.21. The summed E-state index contributed by atoms with van der Waals surface area (Å²) in [5, 5.41) is 0.346. The molecule has 0 radical (unpaired) electrons. The van der Waals surface area contributed by atoms with Crippen molar-refractivity contribution in [2.75, 3.05) is 25.6 Å². The van der Waals surface area contributed by atoms with Crippen LogP contribution in [0.5, 0.6) is 11.5 Å². The van der Waals surface area contributed by atoms with E-state index in [1.54, 1.807) is 18.2 Å². The number of Topliss-reactive ketones (excluding diaryl/α,β-unsaturated/α-hetero) is 1. The smallest absolute Gasteiger partial charge is 0.338 e. The fourth-order valence-electron chi connectivity index (χ4n) is 2.19. The molecule has 0 bridgehead atoms. The van der Waals surface area contributed by atoms with E-state index in [0.29, 0.717) is 35.3 Å². The van der Waals surface area contributed by atoms with E-state index in [1.807, 2.05) is 0 Å². The van der Waals surface area contributed by atoms with Gasteiger partial charge in [0.25, 0.3) is 0 Å². The molecule has 0 amide bonds. The van der Waals surface area contributed by atoms with Gasteiger partial charge in [-0.05, 0) is 36.4 Å². The third kappa shape index (κ3) is 3.44. The van der Waals surface area contributed by atoms with Crippen molar-refractivity contribution in [2.45, 2.75) is 0 Å². The number of hydrogen-bond acceptors (Lipinski definition) is 6. The maximum Gasteiger partial charge on any atom is 0.338 e. The molecule has 24 heavy (non-hydrogen) atoms. The minimum atomic E-state index is -0.649. The molecule has 1 aliphatic rings. The number of fused-ring (bicyclic) bond motifs is 1. The second kappa shape index (κ2) is 6.80. The maximum absolute atomic E-state index is 12.2. The van der Waals surface area contributed by atoms with E-state index in [-0.39, 0.29) is 23.6 Å². The number of hydrogen-bond donors (Lipinski definition) is 1. The third-order valence-corrected chi connectivity index (χ3v) is 3.77. The SMILES string of the molecule is Nc1cc(C(=O)OCC(=O)c2ccc3c(c2)OCCO3)ccc1Cl. The zero-order valence-electron chi connectivity index (χ0n) is 12.6. The van der Waals surface area contributed by atoms with Gasteiger partial charge >= 0.3 is 5.97 Å². The maximum atomic E-state index is 12.2. The number of carbonyl (C=O) groups is 2. The Bertz CT molecular complexity index is 806. The number of nitrogens with two attached hydrogens (primary N) is 1. The van der Waals surface area contributed by atoms with Gasteiger partial charge in [0.15, 0.2) is 23.9 Å². The molecule has 0 aromatic heterocycles. The predicted octanol–water partition coefficient (Wildman–Crippen LogP) is 2.73. The van der Waals surface area contributed by atoms with Crippen molar-refractivity contribution in [3.05, 3.63) is 52.5 Å². The molecular formula is C17H14ClNO5. The van der Waals surface area contributed by atoms with Crippen molar-refractivity contribution in [1.82, 2.24) is 0 Å². The number of ketones is 1. The van der Waals surface area contributed by atoms with E-state index >= 15 is 0 Å². The molecule has 0 spiro atoms. The van der Waals surface area contributed by atoms with Crippen LogP contribution < -0.4 is 15.2 Å². The standard InChI is InChI=1S/C17H14ClNO5/c18-12-3-1-11(7-13(12)19)17(21)24-9-14(20)10-2-4-15-16(8-10)23-6-5-22-15/h1-4,7-8H,5-6,9,19H2. The van der Waals surface area contributed by atoms with E-state index in [0.717, 1.165) is 0 Å². The lowest BCUT2D eigenvalue weighted by molar-refractivity contribution is 0.0474. The van der Waals surface area contributed by atoms with E-state index in [1.165, 1.54) is 18.2 Å². The monoisotopic (exact) mass is 347 g/mol. The molecule has 2 aromatic carbocycles. The zero-order valence-corrected chi connectivity index (χ0v) is 13.3. The van der Waals surface area contributed by atoms with Crippen LogP contribution >= 0.6 is 11.6 Å². The highest BCUT2D eigenvalue weighted by atomic mass is 35.5. The number of carbonyl (C=O) groups excluding carboxylic acids is 2. The van der Waals surface area contributed by atoms with Crippen molar-refractivity contribution in [2.24, 2.45) is 0 Å². The van der Waals surface area contributed by atoms with Crippen molar-refractivity contribution in [3.8, 4) is 11.5 Å². The summed E-state index contributed by atoms with van der Waals surface area (Å²) in [4.78, 5) is 24.1. The molecule has 2 N–H and O–H groups in total. The van der Waals surface area contributed by atoms with Crippen LogP contribution in [-0.4, -0.2) is 31.6 Å². The van der Waals surface area contributed by atoms with Gasteiger partial charge in [-0.15, -0.1) is 0 Å². The first kappa shape index (κ1) is 16.1. The van der Waals surface area contributed by atoms with Crippen molar-refractivity contribution < 1.29 is 23.8 Å². The molecule has 6 nitrogen and oxygen atoms in total. The van der Waals surface area contributed by atoms with Crippen LogP contribution in [0.25, 0.3) is 0 Å². The summed E-state index contributed by atoms with van der Waals surface area (Å²) >= 11 is 5.80. The van der Waals surface area contributed by atoms with Gasteiger partial charge in [-0.25, -0.2) is 4.79 Å². The van der Waals surface area contributed by atoms with E-state index < -0.39 is 5.97 Å². The molecule has 0 saturated carbocycles. The minimum absolute atomic E-state index is 0.229. The van der Waals surface area contributed by atoms with Gasteiger partial charge in [0.1, 0.15) is 13.2 Å². The number of nitrogen functional groups attached to an aromatic ring is 1. The Morgan fingerprint density at radius 1 is 1.04 bits per heavy atom. The van der Waals surface area contributed by atoms with Gasteiger partial charge in [-0.1, -0.05) is 11.6 Å². The lowest BCUT2D eigenvalue weighted by atomic mass is 10.1. The molecular weight excluding hydrogens is 334 g/mol. The first-order valence-corrected chi connectivity index (χ1v) is 7.57. The summed E-state index contributed by atoms with van der Waals surface area (Å²) in [7, 11) is 0. The van der Waals surface area contributed by atoms with Crippen molar-refractivity contribution >= 4 is 29.0 Å². The number of esters is 1. The highest BCUT2D eigenvalue weighted by molar-refractivity contribution is 6.33. The Labute approximate surface area is 143 Å². The Hall–Kier alpha value is -2.73. The second-order valence-corrected chi connectivity index (χ2v) is 5.50. The third-order valence-electron chi connectivity index (χ3n) is 3.43. The van der Waals surface area contributed by atoms with Gasteiger partial charge in [-0.2, -0.15) is 0 Å². The molecule has 0 aliphatic carbocycles. The largest absolute Gasteiger partial charge is 0.486 e. The average molecular weight is 348 g/mol. The molecule has 3 rings (SSSR count). The Morgan fingerprint density at radius 2 is 1.75 bits per heavy atom. The van der Waals surface area contributed by atoms with E-state index in [2.05, 4.69) is 0 Å². The highest BCUT2D eigenvalue weighted by Crippen LogP contribution is 2.30. The normalized spacial score (nSPS) is 12.5. The molecule has 0 unspecified atom stereocenters. The fourth-order valence-corrected chi connectivity index (χ4v) is 2.30. The van der Waals surface area contributed by atoms with Crippen LogP contribution in [0.2, 0.25) is 5.02 Å². The molecule has 1 heterocycles. The second-order valence-electron chi connectivity index (χ2n) is 5.09. The first-order valence-electron chi connectivity index (χ1n) is 7.19. The van der Waals surface area contributed by atoms with Crippen LogP contribution in [0.1, 0.15) is 20.7 Å². The van der Waals surface area contributed by atoms with Crippen LogP contribution in [0.4, 0.5) is 5.69 Å². The van der Waals surface area contributed by atoms with Crippen LogP contribution in [0, 0.1) is 0 Å². The first-order chi connectivity index (χ1) is 11.5. The summed E-state index contributed by atoms with van der Waals surface area (Å²) in [5.74, 6) is 0.0989. The van der Waals surface area contributed by atoms with Gasteiger partial charge < -0.3 is 19.9 Å². The Kier molecular flexibility index (Phi) is 4.57. The minimum Gasteiger partial charge on any atom is -0.486 e. The van der Waals surface area contributed by atoms with Crippen LogP contribution in [-0.2, 0) is 4.74 Å². The van der Waals surface area contributed by atoms with Gasteiger partial charge in [-0.3, -0.25) is 4.79 Å². The highest BCUT2D eigenvalue weighted by Gasteiger charge is 2.17. The zero-order chi connectivity index (χ0) is 17.1. The summed E-state index contributed by atoms with van der Waals surface area (Å²) in [6.07, 6.45) is 0. The molecule has 0 saturated heterocycles. The fraction of sp³-hybridized carbons (Fsp3) is 0.176. The number of benzene rings is 2. The van der Waals surface area contributed by atoms with Crippen LogP contribution in [0.15, 0.2) is 36.4 Å². The quantitative estimate of drug-likeness (QED) is 0.520. The molecule has 1 aliphatic heterocycles. The topological polar surface area (TPSA) is 87.9 Å². The lowest BCUT2D eigenvalue weighted by Gasteiger charge is -2.18. The van der Waals surface area contributed by atoms with Crippen molar-refractivity contribution in [1.29, 1.82) is 0 Å². The van der Waals surface area contributed by atoms with Crippen LogP contribution in [0.3, 0.4) is 0 Å². The van der Waals surface area contributed by atoms with E-state index in [9.17, 15) is 9.59 Å². The molecule has 124 valence electrons. The number of ether oxygens (including phenoxy) is 3. The molecule has 7 heteroatoms. The number of halogens is 1. The molecule has 0 fully saturated rings. The lowest BCUT2D eigenvalue weighted by Crippen LogP contribution is -2.17. The Balaban J connectivity index is 1.64. The Morgan fingerprint density at radius 3 is 2.50 bits per heavy atom. The number of rotatable bonds is 4. The summed E-state index contributed by atoms with van der Waals surface area (Å²) in [5.41, 5.74) is 6.51. The summed E-state index contributed by atoms with van der Waals surface area (Å²) < 4.78 is 15.8. The van der Waals surface area contributed by atoms with Gasteiger partial charge in [0.05, 0.1) is 16.3 Å². The predicted molar refractivity (Wildman–Crippen MR) is 87.9 cm³/mol. The van der Waals surface area contributed by atoms with E-state index in [4.69, 9.17) is 31.5 Å². The van der Waals surface area contributed by atoms with Crippen molar-refractivity contribution in [3.63, 3.8) is 0 Å². The molecule has 0 atom stereocenters. The van der Waals surface area contributed by atoms with Gasteiger partial charge in [0.2, 0.25) is 0 Å². The molecule has 2 aromatic rings. The number of anilines is 1. The average Bonchev–Trinajstić information content (AvgIpc) is 2.61.